The Labute approximate surface area is 145 Å². The summed E-state index contributed by atoms with van der Waals surface area (Å²) in [6.07, 6.45) is 3.86. The Morgan fingerprint density at radius 2 is 2.12 bits per heavy atom. The monoisotopic (exact) mass is 368 g/mol. The molecule has 2 aliphatic heterocycles. The van der Waals surface area contributed by atoms with E-state index in [9.17, 15) is 13.2 Å². The van der Waals surface area contributed by atoms with Crippen molar-refractivity contribution in [1.29, 1.82) is 0 Å². The van der Waals surface area contributed by atoms with Crippen molar-refractivity contribution in [3.63, 3.8) is 0 Å². The van der Waals surface area contributed by atoms with Crippen LogP contribution in [0, 0.1) is 0 Å². The highest BCUT2D eigenvalue weighted by molar-refractivity contribution is 7.89. The summed E-state index contributed by atoms with van der Waals surface area (Å²) in [5.74, 6) is 0.0809. The largest absolute Gasteiger partial charge is 0.372 e. The molecule has 7 nitrogen and oxygen atoms in total. The van der Waals surface area contributed by atoms with Gasteiger partial charge in [-0.05, 0) is 24.1 Å². The fourth-order valence-electron chi connectivity index (χ4n) is 2.73. The van der Waals surface area contributed by atoms with Gasteiger partial charge in [0.15, 0.2) is 5.82 Å². The van der Waals surface area contributed by atoms with E-state index in [4.69, 9.17) is 11.6 Å². The summed E-state index contributed by atoms with van der Waals surface area (Å²) in [7, 11) is -2.10. The highest BCUT2D eigenvalue weighted by Crippen LogP contribution is 2.35. The van der Waals surface area contributed by atoms with E-state index in [1.54, 1.807) is 28.3 Å². The molecule has 24 heavy (non-hydrogen) atoms. The summed E-state index contributed by atoms with van der Waals surface area (Å²) in [6.45, 7) is 2.59. The summed E-state index contributed by atoms with van der Waals surface area (Å²) < 4.78 is 27.8. The van der Waals surface area contributed by atoms with Gasteiger partial charge in [-0.3, -0.25) is 9.52 Å². The van der Waals surface area contributed by atoms with Gasteiger partial charge in [-0.25, -0.2) is 13.4 Å². The molecular formula is C15H17ClN4O3S. The number of fused-ring (bicyclic) bond motifs is 1. The SMILES string of the molecule is CC(=O)N1CCc2cc(Cl)c(S(=O)(=O)NC3=CN(C)CC=N3)cc21. The van der Waals surface area contributed by atoms with Crippen LogP contribution in [0.1, 0.15) is 12.5 Å². The molecule has 0 atom stereocenters. The van der Waals surface area contributed by atoms with E-state index in [1.165, 1.54) is 13.0 Å². The number of anilines is 1. The van der Waals surface area contributed by atoms with Crippen molar-refractivity contribution in [3.8, 4) is 0 Å². The lowest BCUT2D eigenvalue weighted by Crippen LogP contribution is -2.28. The van der Waals surface area contributed by atoms with Gasteiger partial charge in [-0.15, -0.1) is 0 Å². The summed E-state index contributed by atoms with van der Waals surface area (Å²) in [4.78, 5) is 19.0. The molecule has 0 saturated carbocycles. The highest BCUT2D eigenvalue weighted by Gasteiger charge is 2.28. The molecule has 1 aromatic rings. The third-order valence-corrected chi connectivity index (χ3v) is 5.70. The van der Waals surface area contributed by atoms with E-state index in [-0.39, 0.29) is 21.6 Å². The minimum absolute atomic E-state index is 0.0691. The molecule has 9 heteroatoms. The Morgan fingerprint density at radius 3 is 2.79 bits per heavy atom. The average Bonchev–Trinajstić information content (AvgIpc) is 2.88. The smallest absolute Gasteiger partial charge is 0.264 e. The van der Waals surface area contributed by atoms with Crippen molar-refractivity contribution < 1.29 is 13.2 Å². The highest BCUT2D eigenvalue weighted by atomic mass is 35.5. The molecule has 0 saturated heterocycles. The van der Waals surface area contributed by atoms with E-state index in [0.29, 0.717) is 25.2 Å². The first-order chi connectivity index (χ1) is 11.3. The molecule has 0 aromatic heterocycles. The Balaban J connectivity index is 1.98. The van der Waals surface area contributed by atoms with Crippen LogP contribution in [0.3, 0.4) is 0 Å². The van der Waals surface area contributed by atoms with E-state index in [1.807, 2.05) is 7.05 Å². The first kappa shape index (κ1) is 16.8. The van der Waals surface area contributed by atoms with Crippen LogP contribution in [-0.4, -0.2) is 45.6 Å². The van der Waals surface area contributed by atoms with Gasteiger partial charge in [0.05, 0.1) is 11.6 Å². The van der Waals surface area contributed by atoms with Crippen LogP contribution in [0.5, 0.6) is 0 Å². The molecule has 1 aromatic carbocycles. The number of amides is 1. The quantitative estimate of drug-likeness (QED) is 0.872. The van der Waals surface area contributed by atoms with E-state index < -0.39 is 10.0 Å². The Hall–Kier alpha value is -2.06. The average molecular weight is 369 g/mol. The number of benzene rings is 1. The van der Waals surface area contributed by atoms with Crippen LogP contribution in [0.15, 0.2) is 34.0 Å². The van der Waals surface area contributed by atoms with E-state index >= 15 is 0 Å². The number of rotatable bonds is 3. The molecule has 0 radical (unpaired) electrons. The third-order valence-electron chi connectivity index (χ3n) is 3.88. The van der Waals surface area contributed by atoms with Crippen molar-refractivity contribution in [2.24, 2.45) is 4.99 Å². The molecule has 2 heterocycles. The van der Waals surface area contributed by atoms with Gasteiger partial charge < -0.3 is 9.80 Å². The van der Waals surface area contributed by atoms with Gasteiger partial charge in [-0.1, -0.05) is 11.6 Å². The van der Waals surface area contributed by atoms with Gasteiger partial charge in [0.1, 0.15) is 4.90 Å². The van der Waals surface area contributed by atoms with Gasteiger partial charge in [0.25, 0.3) is 10.0 Å². The maximum Gasteiger partial charge on any atom is 0.264 e. The zero-order chi connectivity index (χ0) is 17.5. The molecule has 128 valence electrons. The predicted molar refractivity (Wildman–Crippen MR) is 92.7 cm³/mol. The number of carbonyl (C=O) groups excluding carboxylic acids is 1. The molecule has 0 unspecified atom stereocenters. The van der Waals surface area contributed by atoms with Gasteiger partial charge in [0, 0.05) is 38.6 Å². The van der Waals surface area contributed by atoms with Crippen LogP contribution in [0.2, 0.25) is 5.02 Å². The van der Waals surface area contributed by atoms with Gasteiger partial charge >= 0.3 is 0 Å². The third kappa shape index (κ3) is 3.11. The van der Waals surface area contributed by atoms with Crippen LogP contribution >= 0.6 is 11.6 Å². The fourth-order valence-corrected chi connectivity index (χ4v) is 4.29. The zero-order valence-electron chi connectivity index (χ0n) is 13.3. The number of nitrogens with zero attached hydrogens (tertiary/aromatic N) is 3. The Bertz CT molecular complexity index is 864. The van der Waals surface area contributed by atoms with Crippen LogP contribution in [-0.2, 0) is 21.2 Å². The molecule has 1 N–H and O–H groups in total. The number of hydrogen-bond donors (Lipinski definition) is 1. The number of sulfonamides is 1. The second kappa shape index (κ2) is 6.10. The maximum atomic E-state index is 12.7. The number of aliphatic imine (C=N–C) groups is 1. The van der Waals surface area contributed by atoms with Gasteiger partial charge in [0.2, 0.25) is 5.91 Å². The molecule has 0 bridgehead atoms. The van der Waals surface area contributed by atoms with Crippen LogP contribution < -0.4 is 9.62 Å². The molecule has 2 aliphatic rings. The topological polar surface area (TPSA) is 82.1 Å². The molecule has 0 aliphatic carbocycles. The lowest BCUT2D eigenvalue weighted by Gasteiger charge is -2.19. The standard InChI is InChI=1S/C15H17ClN4O3S/c1-10(21)20-5-3-11-7-12(16)14(8-13(11)20)24(22,23)18-15-9-19(2)6-4-17-15/h4,7-9,18H,3,5-6H2,1-2H3. The number of halogens is 1. The summed E-state index contributed by atoms with van der Waals surface area (Å²) in [5, 5.41) is 0.125. The number of carbonyl (C=O) groups is 1. The molecule has 1 amide bonds. The number of hydrogen-bond acceptors (Lipinski definition) is 5. The second-order valence-electron chi connectivity index (χ2n) is 5.70. The zero-order valence-corrected chi connectivity index (χ0v) is 14.9. The summed E-state index contributed by atoms with van der Waals surface area (Å²) in [5.41, 5.74) is 1.45. The summed E-state index contributed by atoms with van der Waals surface area (Å²) >= 11 is 6.18. The lowest BCUT2D eigenvalue weighted by molar-refractivity contribution is -0.116. The van der Waals surface area contributed by atoms with Gasteiger partial charge in [-0.2, -0.15) is 0 Å². The molecule has 3 rings (SSSR count). The van der Waals surface area contributed by atoms with Crippen molar-refractivity contribution >= 4 is 39.4 Å². The van der Waals surface area contributed by atoms with Crippen LogP contribution in [0.4, 0.5) is 5.69 Å². The minimum atomic E-state index is -3.91. The normalized spacial score (nSPS) is 16.9. The predicted octanol–water partition coefficient (Wildman–Crippen LogP) is 1.34. The number of nitrogens with one attached hydrogen (secondary N) is 1. The lowest BCUT2D eigenvalue weighted by atomic mass is 10.2. The fraction of sp³-hybridized carbons (Fsp3) is 0.333. The molecule has 0 spiro atoms. The van der Waals surface area contributed by atoms with Crippen molar-refractivity contribution in [3.05, 3.63) is 34.7 Å². The maximum absolute atomic E-state index is 12.7. The second-order valence-corrected chi connectivity index (χ2v) is 7.76. The first-order valence-corrected chi connectivity index (χ1v) is 9.22. The Morgan fingerprint density at radius 1 is 1.38 bits per heavy atom. The van der Waals surface area contributed by atoms with E-state index in [2.05, 4.69) is 9.71 Å². The van der Waals surface area contributed by atoms with E-state index in [0.717, 1.165) is 5.56 Å². The first-order valence-electron chi connectivity index (χ1n) is 7.36. The summed E-state index contributed by atoms with van der Waals surface area (Å²) in [6, 6.07) is 3.06. The van der Waals surface area contributed by atoms with Crippen molar-refractivity contribution in [1.82, 2.24) is 9.62 Å². The Kier molecular flexibility index (Phi) is 4.27. The molecular weight excluding hydrogens is 352 g/mol. The van der Waals surface area contributed by atoms with Crippen molar-refractivity contribution in [2.75, 3.05) is 25.0 Å². The van der Waals surface area contributed by atoms with Crippen molar-refractivity contribution in [2.45, 2.75) is 18.2 Å². The van der Waals surface area contributed by atoms with Crippen LogP contribution in [0.25, 0.3) is 0 Å². The molecule has 0 fully saturated rings. The minimum Gasteiger partial charge on any atom is -0.372 e.